The molecule has 0 aliphatic carbocycles. The molecule has 1 N–H and O–H groups in total. The zero-order valence-corrected chi connectivity index (χ0v) is 15.3. The minimum absolute atomic E-state index is 0.173. The van der Waals surface area contributed by atoms with Crippen LogP contribution in [0, 0.1) is 11.6 Å². The second kappa shape index (κ2) is 6.35. The van der Waals surface area contributed by atoms with Gasteiger partial charge in [-0.3, -0.25) is 4.79 Å². The molecule has 1 aromatic heterocycles. The van der Waals surface area contributed by atoms with Gasteiger partial charge in [-0.1, -0.05) is 28.1 Å². The molecule has 0 fully saturated rings. The number of thiophene rings is 1. The number of hydrogen-bond donors (Lipinski definition) is 1. The van der Waals surface area contributed by atoms with E-state index in [4.69, 9.17) is 0 Å². The molecule has 25 heavy (non-hydrogen) atoms. The van der Waals surface area contributed by atoms with E-state index in [1.807, 2.05) is 5.38 Å². The number of carbonyl (C=O) groups excluding carboxylic acids is 1. The molecule has 4 rings (SSSR count). The summed E-state index contributed by atoms with van der Waals surface area (Å²) in [5, 5.41) is 4.76. The SMILES string of the molecule is O=C1C[C@@H](c2cc(Br)ccc2F)c2scc(-c3cccc(F)c3)c2N1. The highest BCUT2D eigenvalue weighted by Gasteiger charge is 2.32. The van der Waals surface area contributed by atoms with Crippen molar-refractivity contribution in [3.05, 3.63) is 74.4 Å². The van der Waals surface area contributed by atoms with Crippen molar-refractivity contribution >= 4 is 38.9 Å². The van der Waals surface area contributed by atoms with Gasteiger partial charge >= 0.3 is 0 Å². The van der Waals surface area contributed by atoms with Gasteiger partial charge in [0.25, 0.3) is 0 Å². The van der Waals surface area contributed by atoms with Crippen LogP contribution in [-0.2, 0) is 4.79 Å². The van der Waals surface area contributed by atoms with Crippen molar-refractivity contribution in [1.82, 2.24) is 0 Å². The maximum atomic E-state index is 14.4. The summed E-state index contributed by atoms with van der Waals surface area (Å²) < 4.78 is 28.7. The summed E-state index contributed by atoms with van der Waals surface area (Å²) in [7, 11) is 0. The number of hydrogen-bond acceptors (Lipinski definition) is 2. The van der Waals surface area contributed by atoms with Gasteiger partial charge in [-0.25, -0.2) is 8.78 Å². The molecule has 2 aromatic carbocycles. The molecule has 0 radical (unpaired) electrons. The normalized spacial score (nSPS) is 16.4. The molecule has 2 nitrogen and oxygen atoms in total. The van der Waals surface area contributed by atoms with Crippen LogP contribution in [0.25, 0.3) is 11.1 Å². The molecule has 0 unspecified atom stereocenters. The lowest BCUT2D eigenvalue weighted by atomic mass is 9.89. The lowest BCUT2D eigenvalue weighted by Crippen LogP contribution is -2.23. The molecule has 1 amide bonds. The summed E-state index contributed by atoms with van der Waals surface area (Å²) >= 11 is 4.82. The van der Waals surface area contributed by atoms with E-state index in [-0.39, 0.29) is 29.9 Å². The fourth-order valence-corrected chi connectivity index (χ4v) is 4.66. The molecule has 1 atom stereocenters. The number of anilines is 1. The molecule has 3 aromatic rings. The Balaban J connectivity index is 1.86. The van der Waals surface area contributed by atoms with E-state index in [0.717, 1.165) is 14.9 Å². The van der Waals surface area contributed by atoms with Gasteiger partial charge < -0.3 is 5.32 Å². The lowest BCUT2D eigenvalue weighted by Gasteiger charge is -2.24. The summed E-state index contributed by atoms with van der Waals surface area (Å²) in [5.74, 6) is -1.20. The van der Waals surface area contributed by atoms with Gasteiger partial charge in [-0.05, 0) is 41.5 Å². The van der Waals surface area contributed by atoms with Crippen LogP contribution in [0.1, 0.15) is 22.8 Å². The third kappa shape index (κ3) is 3.00. The minimum Gasteiger partial charge on any atom is -0.325 e. The fraction of sp³-hybridized carbons (Fsp3) is 0.105. The van der Waals surface area contributed by atoms with Crippen molar-refractivity contribution in [2.75, 3.05) is 5.32 Å². The van der Waals surface area contributed by atoms with Crippen LogP contribution in [0.2, 0.25) is 0 Å². The first-order chi connectivity index (χ1) is 12.0. The van der Waals surface area contributed by atoms with Gasteiger partial charge in [-0.15, -0.1) is 11.3 Å². The van der Waals surface area contributed by atoms with Gasteiger partial charge in [0, 0.05) is 32.6 Å². The second-order valence-corrected chi connectivity index (χ2v) is 7.70. The van der Waals surface area contributed by atoms with Crippen LogP contribution >= 0.6 is 27.3 Å². The van der Waals surface area contributed by atoms with E-state index in [2.05, 4.69) is 21.2 Å². The van der Waals surface area contributed by atoms with E-state index in [1.54, 1.807) is 24.3 Å². The summed E-state index contributed by atoms with van der Waals surface area (Å²) in [6.07, 6.45) is 0.184. The predicted molar refractivity (Wildman–Crippen MR) is 98.9 cm³/mol. The van der Waals surface area contributed by atoms with Crippen LogP contribution in [0.4, 0.5) is 14.5 Å². The number of amides is 1. The molecule has 1 aliphatic rings. The van der Waals surface area contributed by atoms with Crippen LogP contribution in [0.5, 0.6) is 0 Å². The Hall–Kier alpha value is -2.05. The highest BCUT2D eigenvalue weighted by molar-refractivity contribution is 9.10. The van der Waals surface area contributed by atoms with Gasteiger partial charge in [0.15, 0.2) is 0 Å². The fourth-order valence-electron chi connectivity index (χ4n) is 3.13. The maximum absolute atomic E-state index is 14.4. The average Bonchev–Trinajstić information content (AvgIpc) is 3.00. The smallest absolute Gasteiger partial charge is 0.225 e. The van der Waals surface area contributed by atoms with Crippen molar-refractivity contribution in [2.45, 2.75) is 12.3 Å². The topological polar surface area (TPSA) is 29.1 Å². The first-order valence-corrected chi connectivity index (χ1v) is 9.32. The van der Waals surface area contributed by atoms with E-state index in [0.29, 0.717) is 16.8 Å². The molecule has 0 bridgehead atoms. The summed E-state index contributed by atoms with van der Waals surface area (Å²) in [4.78, 5) is 13.1. The Bertz CT molecular complexity index is 985. The van der Waals surface area contributed by atoms with E-state index in [1.165, 1.54) is 29.5 Å². The van der Waals surface area contributed by atoms with Gasteiger partial charge in [0.2, 0.25) is 5.91 Å². The molecular weight excluding hydrogens is 408 g/mol. The number of rotatable bonds is 2. The predicted octanol–water partition coefficient (Wildman–Crippen LogP) is 5.93. The monoisotopic (exact) mass is 419 g/mol. The minimum atomic E-state index is -0.353. The number of fused-ring (bicyclic) bond motifs is 1. The Labute approximate surface area is 155 Å². The van der Waals surface area contributed by atoms with Gasteiger partial charge in [0.1, 0.15) is 11.6 Å². The van der Waals surface area contributed by atoms with Crippen LogP contribution in [0.3, 0.4) is 0 Å². The van der Waals surface area contributed by atoms with E-state index < -0.39 is 0 Å². The van der Waals surface area contributed by atoms with E-state index in [9.17, 15) is 13.6 Å². The van der Waals surface area contributed by atoms with Gasteiger partial charge in [-0.2, -0.15) is 0 Å². The maximum Gasteiger partial charge on any atom is 0.225 e. The van der Waals surface area contributed by atoms with Crippen molar-refractivity contribution in [2.24, 2.45) is 0 Å². The molecule has 2 heterocycles. The molecule has 0 saturated carbocycles. The van der Waals surface area contributed by atoms with Gasteiger partial charge in [0.05, 0.1) is 5.69 Å². The van der Waals surface area contributed by atoms with Crippen LogP contribution in [0.15, 0.2) is 52.3 Å². The molecular formula is C19H12BrF2NOS. The molecule has 126 valence electrons. The third-order valence-corrected chi connectivity index (χ3v) is 5.85. The first kappa shape index (κ1) is 16.4. The third-order valence-electron chi connectivity index (χ3n) is 4.26. The molecule has 0 spiro atoms. The second-order valence-electron chi connectivity index (χ2n) is 5.87. The van der Waals surface area contributed by atoms with Crippen molar-refractivity contribution in [3.8, 4) is 11.1 Å². The average molecular weight is 420 g/mol. The summed E-state index contributed by atoms with van der Waals surface area (Å²) in [5.41, 5.74) is 2.58. The van der Waals surface area contributed by atoms with Crippen LogP contribution in [-0.4, -0.2) is 5.91 Å². The summed E-state index contributed by atoms with van der Waals surface area (Å²) in [6.45, 7) is 0. The van der Waals surface area contributed by atoms with Crippen molar-refractivity contribution in [3.63, 3.8) is 0 Å². The lowest BCUT2D eigenvalue weighted by molar-refractivity contribution is -0.116. The molecule has 1 aliphatic heterocycles. The number of carbonyl (C=O) groups is 1. The van der Waals surface area contributed by atoms with E-state index >= 15 is 0 Å². The Morgan fingerprint density at radius 2 is 2.00 bits per heavy atom. The Kier molecular flexibility index (Phi) is 4.17. The zero-order chi connectivity index (χ0) is 17.6. The summed E-state index contributed by atoms with van der Waals surface area (Å²) in [6, 6.07) is 11.0. The molecule has 6 heteroatoms. The van der Waals surface area contributed by atoms with Crippen molar-refractivity contribution < 1.29 is 13.6 Å². The quantitative estimate of drug-likeness (QED) is 0.547. The highest BCUT2D eigenvalue weighted by Crippen LogP contribution is 2.47. The molecule has 0 saturated heterocycles. The first-order valence-electron chi connectivity index (χ1n) is 7.65. The standard InChI is InChI=1S/C19H12BrF2NOS/c20-11-4-5-16(22)13(7-11)14-8-17(24)23-18-15(9-25-19(14)18)10-2-1-3-12(21)6-10/h1-7,9,14H,8H2,(H,23,24)/t14-/m0/s1. The highest BCUT2D eigenvalue weighted by atomic mass is 79.9. The number of nitrogens with one attached hydrogen (secondary N) is 1. The number of halogens is 3. The number of benzene rings is 2. The Morgan fingerprint density at radius 1 is 1.16 bits per heavy atom. The van der Waals surface area contributed by atoms with Crippen LogP contribution < -0.4 is 5.32 Å². The van der Waals surface area contributed by atoms with Crippen molar-refractivity contribution in [1.29, 1.82) is 0 Å². The Morgan fingerprint density at radius 3 is 2.80 bits per heavy atom. The largest absolute Gasteiger partial charge is 0.325 e. The zero-order valence-electron chi connectivity index (χ0n) is 12.9.